The van der Waals surface area contributed by atoms with Gasteiger partial charge in [-0.15, -0.1) is 0 Å². The van der Waals surface area contributed by atoms with Crippen molar-refractivity contribution in [3.8, 4) is 0 Å². The van der Waals surface area contributed by atoms with Gasteiger partial charge >= 0.3 is 0 Å². The zero-order valence-corrected chi connectivity index (χ0v) is 7.73. The number of aryl methyl sites for hydroxylation is 1. The summed E-state index contributed by atoms with van der Waals surface area (Å²) in [5, 5.41) is 9.24. The largest absolute Gasteiger partial charge is 0.385 e. The van der Waals surface area contributed by atoms with E-state index < -0.39 is 6.10 Å². The first kappa shape index (κ1) is 9.93. The Morgan fingerprint density at radius 1 is 1.38 bits per heavy atom. The average molecular weight is 178 g/mol. The van der Waals surface area contributed by atoms with E-state index in [-0.39, 0.29) is 5.78 Å². The summed E-state index contributed by atoms with van der Waals surface area (Å²) < 4.78 is 0. The quantitative estimate of drug-likeness (QED) is 0.759. The molecule has 2 nitrogen and oxygen atoms in total. The third-order valence-corrected chi connectivity index (χ3v) is 2.02. The summed E-state index contributed by atoms with van der Waals surface area (Å²) in [5.74, 6) is -0.157. The van der Waals surface area contributed by atoms with Crippen LogP contribution < -0.4 is 0 Å². The van der Waals surface area contributed by atoms with Gasteiger partial charge in [0.05, 0.1) is 0 Å². The monoisotopic (exact) mass is 178 g/mol. The molecule has 0 heterocycles. The fourth-order valence-electron chi connectivity index (χ4n) is 1.15. The summed E-state index contributed by atoms with van der Waals surface area (Å²) in [7, 11) is 0. The number of aliphatic hydroxyl groups is 1. The van der Waals surface area contributed by atoms with E-state index in [1.807, 2.05) is 30.3 Å². The minimum absolute atomic E-state index is 0.157. The van der Waals surface area contributed by atoms with Crippen LogP contribution in [0.25, 0.3) is 0 Å². The van der Waals surface area contributed by atoms with Gasteiger partial charge in [0, 0.05) is 0 Å². The molecule has 1 N–H and O–H groups in total. The van der Waals surface area contributed by atoms with Crippen LogP contribution in [-0.4, -0.2) is 17.0 Å². The van der Waals surface area contributed by atoms with Crippen molar-refractivity contribution in [2.75, 3.05) is 0 Å². The molecule has 0 bridgehead atoms. The number of carbonyl (C=O) groups excluding carboxylic acids is 1. The molecule has 1 aromatic rings. The lowest BCUT2D eigenvalue weighted by atomic mass is 10.1. The molecule has 0 aliphatic rings. The molecule has 0 saturated heterocycles. The van der Waals surface area contributed by atoms with E-state index in [9.17, 15) is 9.90 Å². The maximum absolute atomic E-state index is 10.7. The highest BCUT2D eigenvalue weighted by Gasteiger charge is 2.08. The number of benzene rings is 1. The van der Waals surface area contributed by atoms with Gasteiger partial charge in [0.1, 0.15) is 6.10 Å². The van der Waals surface area contributed by atoms with Crippen molar-refractivity contribution in [1.82, 2.24) is 0 Å². The molecule has 0 fully saturated rings. The van der Waals surface area contributed by atoms with E-state index in [1.165, 1.54) is 6.92 Å². The van der Waals surface area contributed by atoms with Gasteiger partial charge in [-0.05, 0) is 25.3 Å². The molecule has 2 heteroatoms. The van der Waals surface area contributed by atoms with E-state index >= 15 is 0 Å². The Morgan fingerprint density at radius 2 is 2.00 bits per heavy atom. The van der Waals surface area contributed by atoms with Gasteiger partial charge < -0.3 is 5.11 Å². The minimum Gasteiger partial charge on any atom is -0.385 e. The molecule has 0 radical (unpaired) electrons. The molecule has 0 amide bonds. The number of Topliss-reactive ketones (excluding diaryl/α,β-unsaturated/α-hetero) is 1. The van der Waals surface area contributed by atoms with Crippen LogP contribution in [0.15, 0.2) is 30.3 Å². The fraction of sp³-hybridized carbons (Fsp3) is 0.364. The number of ketones is 1. The Balaban J connectivity index is 2.39. The average Bonchev–Trinajstić information content (AvgIpc) is 2.15. The zero-order valence-electron chi connectivity index (χ0n) is 7.73. The van der Waals surface area contributed by atoms with Crippen molar-refractivity contribution >= 4 is 5.78 Å². The maximum atomic E-state index is 10.7. The molecule has 1 rings (SSSR count). The first-order valence-electron chi connectivity index (χ1n) is 4.42. The van der Waals surface area contributed by atoms with Crippen LogP contribution in [-0.2, 0) is 11.2 Å². The Bertz CT molecular complexity index is 267. The van der Waals surface area contributed by atoms with E-state index in [4.69, 9.17) is 0 Å². The molecule has 1 atom stereocenters. The van der Waals surface area contributed by atoms with Crippen molar-refractivity contribution in [3.05, 3.63) is 35.9 Å². The first-order valence-corrected chi connectivity index (χ1v) is 4.42. The second-order valence-electron chi connectivity index (χ2n) is 3.15. The molecule has 0 saturated carbocycles. The molecule has 1 aromatic carbocycles. The van der Waals surface area contributed by atoms with Crippen LogP contribution >= 0.6 is 0 Å². The van der Waals surface area contributed by atoms with Gasteiger partial charge in [-0.1, -0.05) is 30.3 Å². The van der Waals surface area contributed by atoms with Crippen molar-refractivity contribution in [1.29, 1.82) is 0 Å². The fourth-order valence-corrected chi connectivity index (χ4v) is 1.15. The first-order chi connectivity index (χ1) is 6.20. The number of aliphatic hydroxyl groups excluding tert-OH is 1. The van der Waals surface area contributed by atoms with Gasteiger partial charge in [-0.3, -0.25) is 4.79 Å². The number of hydrogen-bond acceptors (Lipinski definition) is 2. The van der Waals surface area contributed by atoms with E-state index in [0.29, 0.717) is 6.42 Å². The lowest BCUT2D eigenvalue weighted by Crippen LogP contribution is -2.17. The van der Waals surface area contributed by atoms with Crippen LogP contribution in [0.5, 0.6) is 0 Å². The van der Waals surface area contributed by atoms with Crippen molar-refractivity contribution in [2.45, 2.75) is 25.9 Å². The smallest absolute Gasteiger partial charge is 0.158 e. The third kappa shape index (κ3) is 3.38. The summed E-state index contributed by atoms with van der Waals surface area (Å²) in [6, 6.07) is 9.84. The topological polar surface area (TPSA) is 37.3 Å². The highest BCUT2D eigenvalue weighted by molar-refractivity contribution is 5.80. The van der Waals surface area contributed by atoms with E-state index in [2.05, 4.69) is 0 Å². The maximum Gasteiger partial charge on any atom is 0.158 e. The summed E-state index contributed by atoms with van der Waals surface area (Å²) in [6.07, 6.45) is 0.459. The highest BCUT2D eigenvalue weighted by Crippen LogP contribution is 2.05. The predicted octanol–water partition coefficient (Wildman–Crippen LogP) is 1.57. The number of hydrogen-bond donors (Lipinski definition) is 1. The van der Waals surface area contributed by atoms with Crippen molar-refractivity contribution < 1.29 is 9.90 Å². The number of rotatable bonds is 4. The van der Waals surface area contributed by atoms with E-state index in [1.54, 1.807) is 0 Å². The second kappa shape index (κ2) is 4.77. The second-order valence-corrected chi connectivity index (χ2v) is 3.15. The van der Waals surface area contributed by atoms with Crippen LogP contribution in [0.3, 0.4) is 0 Å². The highest BCUT2D eigenvalue weighted by atomic mass is 16.3. The van der Waals surface area contributed by atoms with Crippen molar-refractivity contribution in [2.24, 2.45) is 0 Å². The molecular formula is C11H14O2. The van der Waals surface area contributed by atoms with Gasteiger partial charge in [0.2, 0.25) is 0 Å². The molecule has 0 aliphatic heterocycles. The predicted molar refractivity (Wildman–Crippen MR) is 51.5 cm³/mol. The van der Waals surface area contributed by atoms with Gasteiger partial charge in [-0.25, -0.2) is 0 Å². The Hall–Kier alpha value is -1.15. The van der Waals surface area contributed by atoms with Gasteiger partial charge in [0.15, 0.2) is 5.78 Å². The SMILES string of the molecule is CC(=O)[C@H](O)CCc1ccccc1. The third-order valence-electron chi connectivity index (χ3n) is 2.02. The standard InChI is InChI=1S/C11H14O2/c1-9(12)11(13)8-7-10-5-3-2-4-6-10/h2-6,11,13H,7-8H2,1H3/t11-/m1/s1. The Kier molecular flexibility index (Phi) is 3.65. The Labute approximate surface area is 78.2 Å². The summed E-state index contributed by atoms with van der Waals surface area (Å²) in [5.41, 5.74) is 1.16. The van der Waals surface area contributed by atoms with Crippen molar-refractivity contribution in [3.63, 3.8) is 0 Å². The normalized spacial score (nSPS) is 12.5. The summed E-state index contributed by atoms with van der Waals surface area (Å²) in [6.45, 7) is 1.41. The van der Waals surface area contributed by atoms with Crippen LogP contribution in [0.4, 0.5) is 0 Å². The van der Waals surface area contributed by atoms with Gasteiger partial charge in [-0.2, -0.15) is 0 Å². The minimum atomic E-state index is -0.805. The molecule has 0 aromatic heterocycles. The molecule has 13 heavy (non-hydrogen) atoms. The lowest BCUT2D eigenvalue weighted by molar-refractivity contribution is -0.125. The van der Waals surface area contributed by atoms with Crippen LogP contribution in [0, 0.1) is 0 Å². The van der Waals surface area contributed by atoms with Crippen LogP contribution in [0.1, 0.15) is 18.9 Å². The van der Waals surface area contributed by atoms with Gasteiger partial charge in [0.25, 0.3) is 0 Å². The Morgan fingerprint density at radius 3 is 2.54 bits per heavy atom. The number of carbonyl (C=O) groups is 1. The summed E-state index contributed by atoms with van der Waals surface area (Å²) >= 11 is 0. The molecule has 70 valence electrons. The van der Waals surface area contributed by atoms with Crippen LogP contribution in [0.2, 0.25) is 0 Å². The molecular weight excluding hydrogens is 164 g/mol. The summed E-state index contributed by atoms with van der Waals surface area (Å²) in [4.78, 5) is 10.7. The molecule has 0 spiro atoms. The molecule has 0 unspecified atom stereocenters. The zero-order chi connectivity index (χ0) is 9.68. The molecule has 0 aliphatic carbocycles. The van der Waals surface area contributed by atoms with E-state index in [0.717, 1.165) is 12.0 Å². The lowest BCUT2D eigenvalue weighted by Gasteiger charge is -2.05.